The van der Waals surface area contributed by atoms with E-state index in [1.807, 2.05) is 26.1 Å². The van der Waals surface area contributed by atoms with Gasteiger partial charge in [-0.3, -0.25) is 9.59 Å². The second kappa shape index (κ2) is 10.0. The number of amides is 2. The number of fused-ring (bicyclic) bond motifs is 2. The van der Waals surface area contributed by atoms with E-state index in [4.69, 9.17) is 4.74 Å². The number of ether oxygens (including phenoxy) is 1. The number of methoxy groups -OCH3 is 1. The first kappa shape index (κ1) is 25.6. The van der Waals surface area contributed by atoms with Crippen molar-refractivity contribution in [2.75, 3.05) is 32.1 Å². The van der Waals surface area contributed by atoms with Gasteiger partial charge in [-0.2, -0.15) is 0 Å². The highest BCUT2D eigenvalue weighted by Gasteiger charge is 2.43. The Morgan fingerprint density at radius 2 is 2.00 bits per heavy atom. The number of likely N-dealkylation sites (tertiary alicyclic amines) is 1. The molecule has 4 heterocycles. The number of H-pyrrole nitrogens is 1. The van der Waals surface area contributed by atoms with Gasteiger partial charge in [-0.1, -0.05) is 0 Å². The van der Waals surface area contributed by atoms with E-state index in [1.54, 1.807) is 24.4 Å². The summed E-state index contributed by atoms with van der Waals surface area (Å²) in [6.45, 7) is 7.15. The van der Waals surface area contributed by atoms with Crippen LogP contribution in [0, 0.1) is 11.8 Å². The molecule has 1 saturated heterocycles. The molecule has 5 rings (SSSR count). The maximum Gasteiger partial charge on any atom is 0.263 e. The third kappa shape index (κ3) is 5.21. The lowest BCUT2D eigenvalue weighted by Gasteiger charge is -2.24. The number of thiazole rings is 1. The van der Waals surface area contributed by atoms with Gasteiger partial charge in [0.05, 0.1) is 29.6 Å². The van der Waals surface area contributed by atoms with Crippen molar-refractivity contribution < 1.29 is 19.4 Å². The lowest BCUT2D eigenvalue weighted by Crippen LogP contribution is -2.46. The summed E-state index contributed by atoms with van der Waals surface area (Å²) in [5.41, 5.74) is 2.10. The van der Waals surface area contributed by atoms with Gasteiger partial charge in [0, 0.05) is 44.0 Å². The molecule has 0 bridgehead atoms. The van der Waals surface area contributed by atoms with E-state index >= 15 is 0 Å². The molecule has 10 nitrogen and oxygen atoms in total. The number of aromatic nitrogens is 3. The number of aliphatic hydroxyl groups is 1. The van der Waals surface area contributed by atoms with E-state index in [2.05, 4.69) is 25.6 Å². The Morgan fingerprint density at radius 3 is 2.68 bits per heavy atom. The van der Waals surface area contributed by atoms with Crippen molar-refractivity contribution >= 4 is 39.9 Å². The molecule has 2 amide bonds. The fraction of sp³-hybridized carbons (Fsp3) is 0.538. The van der Waals surface area contributed by atoms with Crippen LogP contribution in [-0.4, -0.2) is 81.3 Å². The smallest absolute Gasteiger partial charge is 0.263 e. The summed E-state index contributed by atoms with van der Waals surface area (Å²) in [6, 6.07) is 2.25. The van der Waals surface area contributed by atoms with Crippen LogP contribution in [0.2, 0.25) is 0 Å². The predicted octanol–water partition coefficient (Wildman–Crippen LogP) is 2.87. The Bertz CT molecular complexity index is 1290. The van der Waals surface area contributed by atoms with E-state index in [-0.39, 0.29) is 17.9 Å². The highest BCUT2D eigenvalue weighted by atomic mass is 32.1. The van der Waals surface area contributed by atoms with Crippen molar-refractivity contribution in [1.82, 2.24) is 25.2 Å². The zero-order valence-electron chi connectivity index (χ0n) is 21.6. The molecule has 1 aliphatic carbocycles. The summed E-state index contributed by atoms with van der Waals surface area (Å²) in [4.78, 5) is 39.8. The van der Waals surface area contributed by atoms with Gasteiger partial charge in [-0.05, 0) is 51.5 Å². The number of aliphatic hydroxyl groups excluding tert-OH is 1. The molecular weight excluding hydrogens is 492 g/mol. The van der Waals surface area contributed by atoms with Gasteiger partial charge in [0.25, 0.3) is 11.8 Å². The highest BCUT2D eigenvalue weighted by molar-refractivity contribution is 7.17. The van der Waals surface area contributed by atoms with E-state index < -0.39 is 11.6 Å². The molecule has 4 N–H and O–H groups in total. The maximum atomic E-state index is 12.9. The lowest BCUT2D eigenvalue weighted by atomic mass is 10.0. The Hall–Kier alpha value is -3.02. The number of carbonyl (C=O) groups is 2. The zero-order chi connectivity index (χ0) is 26.3. The molecule has 1 unspecified atom stereocenters. The molecule has 0 aromatic carbocycles. The standard InChI is InChI=1S/C26H34N6O4S/c1-14(33)25(35)32-11-15-7-17(8-16(15)12-32)30-21-18-5-6-27-22(18)28-9-19(21)24-29-10-20(37-24)23(34)31-26(2,3)13-36-4/h5-6,9-10,14-17,33H,7-8,11-13H2,1-4H3,(H,31,34)(H2,27,28,30)/t14-,15-,16+,17?/m0/s1. The van der Waals surface area contributed by atoms with Crippen molar-refractivity contribution in [2.45, 2.75) is 51.3 Å². The topological polar surface area (TPSA) is 132 Å². The molecule has 1 aliphatic heterocycles. The molecule has 37 heavy (non-hydrogen) atoms. The van der Waals surface area contributed by atoms with Crippen LogP contribution in [0.25, 0.3) is 21.6 Å². The molecule has 3 aromatic heterocycles. The molecule has 0 spiro atoms. The minimum absolute atomic E-state index is 0.182. The third-order valence-electron chi connectivity index (χ3n) is 7.27. The van der Waals surface area contributed by atoms with Crippen molar-refractivity contribution in [3.63, 3.8) is 0 Å². The molecule has 198 valence electrons. The SMILES string of the molecule is COCC(C)(C)NC(=O)c1cnc(-c2cnc3[nH]ccc3c2NC2C[C@@H]3CN(C(=O)[C@H](C)O)C[C@@H]3C2)s1. The maximum absolute atomic E-state index is 12.9. The van der Waals surface area contributed by atoms with Crippen LogP contribution in [0.3, 0.4) is 0 Å². The van der Waals surface area contributed by atoms with E-state index in [0.717, 1.165) is 40.1 Å². The number of hydrogen-bond acceptors (Lipinski definition) is 8. The van der Waals surface area contributed by atoms with Gasteiger partial charge < -0.3 is 30.4 Å². The van der Waals surface area contributed by atoms with Crippen LogP contribution in [0.4, 0.5) is 5.69 Å². The number of nitrogens with zero attached hydrogens (tertiary/aromatic N) is 3. The summed E-state index contributed by atoms with van der Waals surface area (Å²) < 4.78 is 5.21. The minimum atomic E-state index is -0.953. The molecular formula is C26H34N6O4S. The molecule has 4 atom stereocenters. The minimum Gasteiger partial charge on any atom is -0.384 e. The summed E-state index contributed by atoms with van der Waals surface area (Å²) in [5, 5.41) is 18.1. The van der Waals surface area contributed by atoms with Crippen LogP contribution < -0.4 is 10.6 Å². The summed E-state index contributed by atoms with van der Waals surface area (Å²) in [7, 11) is 1.61. The fourth-order valence-corrected chi connectivity index (χ4v) is 6.49. The average Bonchev–Trinajstić information content (AvgIpc) is 3.61. The number of pyridine rings is 1. The number of rotatable bonds is 8. The van der Waals surface area contributed by atoms with Crippen LogP contribution in [0.1, 0.15) is 43.3 Å². The molecule has 0 radical (unpaired) electrons. The first-order valence-electron chi connectivity index (χ1n) is 12.6. The van der Waals surface area contributed by atoms with Gasteiger partial charge in [-0.15, -0.1) is 11.3 Å². The lowest BCUT2D eigenvalue weighted by molar-refractivity contribution is -0.138. The van der Waals surface area contributed by atoms with Crippen LogP contribution >= 0.6 is 11.3 Å². The average molecular weight is 527 g/mol. The summed E-state index contributed by atoms with van der Waals surface area (Å²) >= 11 is 1.34. The molecule has 2 fully saturated rings. The Labute approximate surface area is 219 Å². The Morgan fingerprint density at radius 1 is 1.27 bits per heavy atom. The number of anilines is 1. The van der Waals surface area contributed by atoms with Crippen LogP contribution in [0.5, 0.6) is 0 Å². The zero-order valence-corrected chi connectivity index (χ0v) is 22.4. The number of aromatic amines is 1. The second-order valence-corrected chi connectivity index (χ2v) is 11.9. The Kier molecular flexibility index (Phi) is 6.95. The predicted molar refractivity (Wildman–Crippen MR) is 143 cm³/mol. The summed E-state index contributed by atoms with van der Waals surface area (Å²) in [5.74, 6) is 0.463. The highest BCUT2D eigenvalue weighted by Crippen LogP contribution is 2.42. The van der Waals surface area contributed by atoms with Gasteiger partial charge in [0.2, 0.25) is 0 Å². The van der Waals surface area contributed by atoms with Gasteiger partial charge >= 0.3 is 0 Å². The van der Waals surface area contributed by atoms with Crippen LogP contribution in [-0.2, 0) is 9.53 Å². The number of nitrogens with one attached hydrogen (secondary N) is 3. The van der Waals surface area contributed by atoms with Crippen molar-refractivity contribution in [1.29, 1.82) is 0 Å². The van der Waals surface area contributed by atoms with Crippen molar-refractivity contribution in [2.24, 2.45) is 11.8 Å². The summed E-state index contributed by atoms with van der Waals surface area (Å²) in [6.07, 6.45) is 6.22. The van der Waals surface area contributed by atoms with E-state index in [0.29, 0.717) is 36.4 Å². The fourth-order valence-electron chi connectivity index (χ4n) is 5.66. The third-order valence-corrected chi connectivity index (χ3v) is 8.30. The molecule has 3 aromatic rings. The normalized spacial score (nSPS) is 22.3. The number of hydrogen-bond donors (Lipinski definition) is 4. The van der Waals surface area contributed by atoms with Gasteiger partial charge in [0.1, 0.15) is 21.6 Å². The van der Waals surface area contributed by atoms with Crippen molar-refractivity contribution in [3.05, 3.63) is 29.5 Å². The van der Waals surface area contributed by atoms with Gasteiger partial charge in [0.15, 0.2) is 0 Å². The Balaban J connectivity index is 1.35. The first-order chi connectivity index (χ1) is 17.6. The molecule has 1 saturated carbocycles. The van der Waals surface area contributed by atoms with Gasteiger partial charge in [-0.25, -0.2) is 9.97 Å². The van der Waals surface area contributed by atoms with E-state index in [9.17, 15) is 14.7 Å². The molecule has 11 heteroatoms. The molecule has 2 aliphatic rings. The van der Waals surface area contributed by atoms with E-state index in [1.165, 1.54) is 18.3 Å². The van der Waals surface area contributed by atoms with Crippen molar-refractivity contribution in [3.8, 4) is 10.6 Å². The van der Waals surface area contributed by atoms with Crippen LogP contribution in [0.15, 0.2) is 24.7 Å². The second-order valence-electron chi connectivity index (χ2n) is 10.8. The quantitative estimate of drug-likeness (QED) is 0.355. The monoisotopic (exact) mass is 526 g/mol. The first-order valence-corrected chi connectivity index (χ1v) is 13.4. The largest absolute Gasteiger partial charge is 0.384 e. The number of carbonyl (C=O) groups excluding carboxylic acids is 2.